The van der Waals surface area contributed by atoms with Gasteiger partial charge in [-0.05, 0) is 4.53 Å². The van der Waals surface area contributed by atoms with Gasteiger partial charge in [0.2, 0.25) is 0 Å². The Balaban J connectivity index is 0. The van der Waals surface area contributed by atoms with E-state index in [-0.39, 0.29) is 13.2 Å². The molecule has 15 heavy (non-hydrogen) atoms. The van der Waals surface area contributed by atoms with E-state index in [2.05, 4.69) is 0 Å². The molecular weight excluding hydrogens is 228 g/mol. The monoisotopic (exact) mass is 240 g/mol. The number of hydrogen-bond acceptors (Lipinski definition) is 5. The highest BCUT2D eigenvalue weighted by Gasteiger charge is 2.41. The van der Waals surface area contributed by atoms with Crippen LogP contribution < -0.4 is 0 Å². The van der Waals surface area contributed by atoms with Gasteiger partial charge in [0.25, 0.3) is 0 Å². The summed E-state index contributed by atoms with van der Waals surface area (Å²) in [6, 6.07) is 0. The molecule has 0 spiro atoms. The summed E-state index contributed by atoms with van der Waals surface area (Å²) in [5.41, 5.74) is 0. The second-order valence-electron chi connectivity index (χ2n) is 2.33. The Kier molecular flexibility index (Phi) is 9.93. The van der Waals surface area contributed by atoms with Crippen molar-refractivity contribution < 1.29 is 43.1 Å². The first-order chi connectivity index (χ1) is 6.85. The third-order valence-corrected chi connectivity index (χ3v) is 1.06. The molecule has 1 atom stereocenters. The Labute approximate surface area is 82.4 Å². The van der Waals surface area contributed by atoms with Crippen LogP contribution in [0.3, 0.4) is 0 Å². The molecule has 9 heteroatoms. The largest absolute Gasteiger partial charge is 0.413 e. The molecule has 0 heterocycles. The fraction of sp³-hybridized carbons (Fsp3) is 1.00. The molecule has 0 fully saturated rings. The summed E-state index contributed by atoms with van der Waals surface area (Å²) in [7, 11) is 0. The van der Waals surface area contributed by atoms with Gasteiger partial charge in [-0.2, -0.15) is 8.78 Å². The number of halogens is 4. The Morgan fingerprint density at radius 1 is 1.13 bits per heavy atom. The van der Waals surface area contributed by atoms with E-state index < -0.39 is 25.0 Å². The van der Waals surface area contributed by atoms with E-state index >= 15 is 0 Å². The molecule has 0 aliphatic carbocycles. The molecule has 94 valence electrons. The summed E-state index contributed by atoms with van der Waals surface area (Å²) in [5.74, 6) is 0. The van der Waals surface area contributed by atoms with Crippen molar-refractivity contribution in [3.8, 4) is 0 Å². The summed E-state index contributed by atoms with van der Waals surface area (Å²) < 4.78 is 44.6. The highest BCUT2D eigenvalue weighted by molar-refractivity contribution is 4.62. The highest BCUT2D eigenvalue weighted by Crippen LogP contribution is 2.20. The molecular formula is C6H12F4O5. The maximum absolute atomic E-state index is 11.5. The lowest BCUT2D eigenvalue weighted by Gasteiger charge is -2.13. The van der Waals surface area contributed by atoms with Crippen molar-refractivity contribution in [1.82, 2.24) is 0 Å². The van der Waals surface area contributed by atoms with Gasteiger partial charge >= 0.3 is 6.11 Å². The SMILES string of the molecule is OC(CF)C(F)(F)OF.OCC(O)CO. The lowest BCUT2D eigenvalue weighted by molar-refractivity contribution is -0.385. The Bertz CT molecular complexity index is 143. The third kappa shape index (κ3) is 8.51. The first kappa shape index (κ1) is 16.9. The van der Waals surface area contributed by atoms with Crippen LogP contribution in [-0.4, -0.2) is 58.6 Å². The molecule has 0 saturated heterocycles. The van der Waals surface area contributed by atoms with Crippen molar-refractivity contribution in [3.63, 3.8) is 0 Å². The lowest BCUT2D eigenvalue weighted by Crippen LogP contribution is -2.35. The minimum Gasteiger partial charge on any atom is -0.394 e. The molecule has 0 aromatic heterocycles. The standard InChI is InChI=1S/C3H4F4O2.C3H8O3/c4-1-2(8)3(5,6)9-7;4-1-3(6)2-5/h2,8H,1H2;3-6H,1-2H2. The van der Waals surface area contributed by atoms with E-state index in [0.717, 1.165) is 0 Å². The Morgan fingerprint density at radius 3 is 1.60 bits per heavy atom. The molecule has 0 aliphatic heterocycles. The minimum absolute atomic E-state index is 0.365. The highest BCUT2D eigenvalue weighted by atomic mass is 19.4. The second kappa shape index (κ2) is 8.80. The fourth-order valence-corrected chi connectivity index (χ4v) is 0.199. The number of aliphatic hydroxyl groups is 4. The topological polar surface area (TPSA) is 90.2 Å². The van der Waals surface area contributed by atoms with Crippen LogP contribution in [0, 0.1) is 0 Å². The average Bonchev–Trinajstić information content (AvgIpc) is 2.27. The van der Waals surface area contributed by atoms with Crippen molar-refractivity contribution in [1.29, 1.82) is 0 Å². The van der Waals surface area contributed by atoms with Crippen LogP contribution in [0.5, 0.6) is 0 Å². The molecule has 0 aromatic carbocycles. The molecule has 5 nitrogen and oxygen atoms in total. The summed E-state index contributed by atoms with van der Waals surface area (Å²) in [6.45, 7) is -2.48. The number of rotatable bonds is 5. The van der Waals surface area contributed by atoms with Crippen LogP contribution in [0.4, 0.5) is 17.7 Å². The van der Waals surface area contributed by atoms with Gasteiger partial charge in [0, 0.05) is 0 Å². The Hall–Kier alpha value is -0.480. The molecule has 0 amide bonds. The normalized spacial score (nSPS) is 13.4. The van der Waals surface area contributed by atoms with E-state index in [1.807, 2.05) is 4.94 Å². The zero-order valence-electron chi connectivity index (χ0n) is 7.48. The first-order valence-corrected chi connectivity index (χ1v) is 3.67. The van der Waals surface area contributed by atoms with Gasteiger partial charge in [0.1, 0.15) is 12.8 Å². The summed E-state index contributed by atoms with van der Waals surface area (Å²) >= 11 is 0. The molecule has 1 unspecified atom stereocenters. The number of alkyl halides is 3. The summed E-state index contributed by atoms with van der Waals surface area (Å²) in [4.78, 5) is 1.97. The maximum atomic E-state index is 11.5. The maximum Gasteiger partial charge on any atom is 0.413 e. The van der Waals surface area contributed by atoms with Gasteiger partial charge in [-0.25, -0.2) is 4.39 Å². The van der Waals surface area contributed by atoms with E-state index in [9.17, 15) is 17.7 Å². The number of aliphatic hydroxyl groups excluding tert-OH is 4. The lowest BCUT2D eigenvalue weighted by atomic mass is 10.4. The van der Waals surface area contributed by atoms with Crippen LogP contribution in [0.15, 0.2) is 0 Å². The fourth-order valence-electron chi connectivity index (χ4n) is 0.199. The van der Waals surface area contributed by atoms with Crippen molar-refractivity contribution in [2.75, 3.05) is 19.9 Å². The third-order valence-electron chi connectivity index (χ3n) is 1.06. The van der Waals surface area contributed by atoms with Gasteiger partial charge in [0.05, 0.1) is 13.2 Å². The molecule has 0 aromatic rings. The molecule has 0 aliphatic rings. The van der Waals surface area contributed by atoms with Gasteiger partial charge in [-0.3, -0.25) is 0 Å². The average molecular weight is 240 g/mol. The van der Waals surface area contributed by atoms with Gasteiger partial charge in [0.15, 0.2) is 6.10 Å². The predicted octanol–water partition coefficient (Wildman–Crippen LogP) is -0.857. The predicted molar refractivity (Wildman–Crippen MR) is 39.3 cm³/mol. The van der Waals surface area contributed by atoms with Crippen LogP contribution in [0.25, 0.3) is 0 Å². The smallest absolute Gasteiger partial charge is 0.394 e. The van der Waals surface area contributed by atoms with Crippen LogP contribution in [-0.2, 0) is 4.94 Å². The summed E-state index contributed by atoms with van der Waals surface area (Å²) in [6.07, 6.45) is -8.12. The molecule has 0 rings (SSSR count). The van der Waals surface area contributed by atoms with Crippen molar-refractivity contribution in [2.45, 2.75) is 18.3 Å². The van der Waals surface area contributed by atoms with Gasteiger partial charge < -0.3 is 20.4 Å². The molecule has 0 bridgehead atoms. The number of hydrogen-bond donors (Lipinski definition) is 4. The van der Waals surface area contributed by atoms with Gasteiger partial charge in [-0.1, -0.05) is 0 Å². The van der Waals surface area contributed by atoms with Crippen LogP contribution in [0.2, 0.25) is 0 Å². The van der Waals surface area contributed by atoms with Crippen LogP contribution >= 0.6 is 0 Å². The van der Waals surface area contributed by atoms with Crippen molar-refractivity contribution in [2.24, 2.45) is 0 Å². The van der Waals surface area contributed by atoms with E-state index in [1.165, 1.54) is 0 Å². The van der Waals surface area contributed by atoms with Crippen molar-refractivity contribution >= 4 is 0 Å². The van der Waals surface area contributed by atoms with Gasteiger partial charge in [-0.15, -0.1) is 4.94 Å². The summed E-state index contributed by atoms with van der Waals surface area (Å²) in [5, 5.41) is 31.9. The quantitative estimate of drug-likeness (QED) is 0.470. The van der Waals surface area contributed by atoms with E-state index in [0.29, 0.717) is 0 Å². The van der Waals surface area contributed by atoms with Crippen LogP contribution in [0.1, 0.15) is 0 Å². The molecule has 4 N–H and O–H groups in total. The van der Waals surface area contributed by atoms with E-state index in [4.69, 9.17) is 20.4 Å². The van der Waals surface area contributed by atoms with Crippen molar-refractivity contribution in [3.05, 3.63) is 0 Å². The zero-order valence-corrected chi connectivity index (χ0v) is 7.48. The minimum atomic E-state index is -4.44. The molecule has 0 saturated carbocycles. The van der Waals surface area contributed by atoms with E-state index in [1.54, 1.807) is 0 Å². The zero-order chi connectivity index (χ0) is 12.5. The first-order valence-electron chi connectivity index (χ1n) is 3.67. The Morgan fingerprint density at radius 2 is 1.53 bits per heavy atom. The second-order valence-corrected chi connectivity index (χ2v) is 2.33. The molecule has 0 radical (unpaired) electrons.